The van der Waals surface area contributed by atoms with Crippen molar-refractivity contribution in [1.82, 2.24) is 4.57 Å². The first-order chi connectivity index (χ1) is 10.0. The molecule has 7 nitrogen and oxygen atoms in total. The molecule has 0 amide bonds. The Labute approximate surface area is 118 Å². The summed E-state index contributed by atoms with van der Waals surface area (Å²) in [7, 11) is 0. The number of aromatic carboxylic acids is 1. The Morgan fingerprint density at radius 2 is 2.10 bits per heavy atom. The van der Waals surface area contributed by atoms with Crippen LogP contribution in [-0.2, 0) is 6.54 Å². The largest absolute Gasteiger partial charge is 0.478 e. The molecule has 0 aliphatic rings. The smallest absolute Gasteiger partial charge is 0.433 e. The number of rotatable bonds is 4. The molecule has 0 radical (unpaired) electrons. The fourth-order valence-electron chi connectivity index (χ4n) is 2.19. The first-order valence-corrected chi connectivity index (χ1v) is 6.10. The molecule has 7 heteroatoms. The lowest BCUT2D eigenvalue weighted by atomic mass is 10.1. The van der Waals surface area contributed by atoms with Crippen molar-refractivity contribution in [2.75, 3.05) is 0 Å². The summed E-state index contributed by atoms with van der Waals surface area (Å²) in [6.07, 6.45) is 1.78. The molecule has 3 rings (SSSR count). The number of carboxylic acids is 1. The number of nitrogens with zero attached hydrogens (tertiary/aromatic N) is 2. The molecule has 0 unspecified atom stereocenters. The van der Waals surface area contributed by atoms with Gasteiger partial charge in [0.25, 0.3) is 0 Å². The molecular weight excluding hydrogens is 276 g/mol. The van der Waals surface area contributed by atoms with Gasteiger partial charge in [0.2, 0.25) is 0 Å². The van der Waals surface area contributed by atoms with Crippen molar-refractivity contribution in [2.45, 2.75) is 6.54 Å². The van der Waals surface area contributed by atoms with Gasteiger partial charge < -0.3 is 14.1 Å². The molecular formula is C14H10N2O5. The molecule has 0 aliphatic carbocycles. The zero-order valence-electron chi connectivity index (χ0n) is 10.7. The van der Waals surface area contributed by atoms with Gasteiger partial charge in [0.05, 0.1) is 18.2 Å². The highest BCUT2D eigenvalue weighted by atomic mass is 16.6. The third-order valence-electron chi connectivity index (χ3n) is 3.17. The van der Waals surface area contributed by atoms with Crippen molar-refractivity contribution < 1.29 is 19.2 Å². The Hall–Kier alpha value is -3.09. The molecule has 2 heterocycles. The lowest BCUT2D eigenvalue weighted by Crippen LogP contribution is -1.98. The van der Waals surface area contributed by atoms with Crippen LogP contribution in [0.4, 0.5) is 5.88 Å². The molecule has 2 aromatic heterocycles. The van der Waals surface area contributed by atoms with Gasteiger partial charge in [0.15, 0.2) is 0 Å². The van der Waals surface area contributed by atoms with Crippen LogP contribution in [0.5, 0.6) is 0 Å². The van der Waals surface area contributed by atoms with E-state index in [1.165, 1.54) is 12.1 Å². The molecule has 0 spiro atoms. The third kappa shape index (κ3) is 2.36. The average Bonchev–Trinajstić information content (AvgIpc) is 3.06. The first-order valence-electron chi connectivity index (χ1n) is 6.10. The van der Waals surface area contributed by atoms with E-state index in [1.807, 2.05) is 4.57 Å². The first kappa shape index (κ1) is 12.9. The Bertz CT molecular complexity index is 846. The maximum Gasteiger partial charge on any atom is 0.433 e. The second kappa shape index (κ2) is 4.78. The Balaban J connectivity index is 1.93. The molecule has 106 valence electrons. The van der Waals surface area contributed by atoms with Crippen LogP contribution in [0.1, 0.15) is 16.1 Å². The summed E-state index contributed by atoms with van der Waals surface area (Å²) < 4.78 is 6.95. The summed E-state index contributed by atoms with van der Waals surface area (Å²) >= 11 is 0. The van der Waals surface area contributed by atoms with E-state index in [4.69, 9.17) is 9.52 Å². The zero-order chi connectivity index (χ0) is 15.0. The van der Waals surface area contributed by atoms with Gasteiger partial charge in [0.1, 0.15) is 10.7 Å². The third-order valence-corrected chi connectivity index (χ3v) is 3.17. The van der Waals surface area contributed by atoms with Crippen molar-refractivity contribution in [3.8, 4) is 0 Å². The van der Waals surface area contributed by atoms with E-state index in [1.54, 1.807) is 30.5 Å². The van der Waals surface area contributed by atoms with Crippen LogP contribution in [0.3, 0.4) is 0 Å². The van der Waals surface area contributed by atoms with E-state index in [0.717, 1.165) is 10.9 Å². The van der Waals surface area contributed by atoms with E-state index < -0.39 is 10.9 Å². The van der Waals surface area contributed by atoms with E-state index in [0.29, 0.717) is 12.3 Å². The van der Waals surface area contributed by atoms with E-state index in [9.17, 15) is 14.9 Å². The molecule has 1 aromatic carbocycles. The van der Waals surface area contributed by atoms with Gasteiger partial charge in [-0.05, 0) is 30.3 Å². The molecule has 0 aliphatic heterocycles. The average molecular weight is 286 g/mol. The monoisotopic (exact) mass is 286 g/mol. The van der Waals surface area contributed by atoms with Crippen molar-refractivity contribution in [3.05, 3.63) is 64.0 Å². The number of hydrogen-bond donors (Lipinski definition) is 1. The highest BCUT2D eigenvalue weighted by molar-refractivity contribution is 5.93. The van der Waals surface area contributed by atoms with Crippen LogP contribution in [0.15, 0.2) is 47.0 Å². The van der Waals surface area contributed by atoms with Gasteiger partial charge in [-0.2, -0.15) is 0 Å². The van der Waals surface area contributed by atoms with Crippen LogP contribution >= 0.6 is 0 Å². The maximum absolute atomic E-state index is 10.9. The van der Waals surface area contributed by atoms with Crippen LogP contribution in [0.2, 0.25) is 0 Å². The van der Waals surface area contributed by atoms with Crippen molar-refractivity contribution >= 4 is 22.8 Å². The number of fused-ring (bicyclic) bond motifs is 1. The van der Waals surface area contributed by atoms with E-state index >= 15 is 0 Å². The standard InChI is InChI=1S/C14H10N2O5/c17-14(18)10-1-3-12-9(7-10)5-6-15(12)8-11-2-4-13(21-11)16(19)20/h1-7H,8H2,(H,17,18). The number of furan rings is 1. The Morgan fingerprint density at radius 3 is 2.76 bits per heavy atom. The van der Waals surface area contributed by atoms with Gasteiger partial charge in [-0.25, -0.2) is 4.79 Å². The highest BCUT2D eigenvalue weighted by Gasteiger charge is 2.13. The number of nitro groups is 1. The second-order valence-electron chi connectivity index (χ2n) is 4.52. The summed E-state index contributed by atoms with van der Waals surface area (Å²) in [5, 5.41) is 20.3. The van der Waals surface area contributed by atoms with E-state index in [2.05, 4.69) is 0 Å². The Kier molecular flexibility index (Phi) is 2.94. The topological polar surface area (TPSA) is 98.5 Å². The predicted molar refractivity (Wildman–Crippen MR) is 73.4 cm³/mol. The number of benzene rings is 1. The highest BCUT2D eigenvalue weighted by Crippen LogP contribution is 2.21. The maximum atomic E-state index is 10.9. The summed E-state index contributed by atoms with van der Waals surface area (Å²) in [4.78, 5) is 20.9. The Morgan fingerprint density at radius 1 is 1.29 bits per heavy atom. The molecule has 0 fully saturated rings. The minimum Gasteiger partial charge on any atom is -0.478 e. The molecule has 0 saturated heterocycles. The SMILES string of the molecule is O=C(O)c1ccc2c(ccn2Cc2ccc([N+](=O)[O-])o2)c1. The normalized spacial score (nSPS) is 10.9. The number of hydrogen-bond acceptors (Lipinski definition) is 4. The summed E-state index contributed by atoms with van der Waals surface area (Å²) in [5.41, 5.74) is 1.05. The molecule has 3 aromatic rings. The number of aromatic nitrogens is 1. The number of carboxylic acid groups (broad SMARTS) is 1. The fourth-order valence-corrected chi connectivity index (χ4v) is 2.19. The summed E-state index contributed by atoms with van der Waals surface area (Å²) in [6, 6.07) is 9.46. The van der Waals surface area contributed by atoms with Gasteiger partial charge in [-0.15, -0.1) is 0 Å². The van der Waals surface area contributed by atoms with Gasteiger partial charge in [0, 0.05) is 17.1 Å². The zero-order valence-corrected chi connectivity index (χ0v) is 10.7. The van der Waals surface area contributed by atoms with E-state index in [-0.39, 0.29) is 11.4 Å². The summed E-state index contributed by atoms with van der Waals surface area (Å²) in [5.74, 6) is -0.817. The van der Waals surface area contributed by atoms with Gasteiger partial charge in [-0.1, -0.05) is 0 Å². The molecule has 0 saturated carbocycles. The molecule has 1 N–H and O–H groups in total. The van der Waals surface area contributed by atoms with Crippen LogP contribution < -0.4 is 0 Å². The van der Waals surface area contributed by atoms with Crippen molar-refractivity contribution in [1.29, 1.82) is 0 Å². The van der Waals surface area contributed by atoms with Crippen LogP contribution in [0, 0.1) is 10.1 Å². The second-order valence-corrected chi connectivity index (χ2v) is 4.52. The molecule has 0 bridgehead atoms. The van der Waals surface area contributed by atoms with Gasteiger partial charge in [-0.3, -0.25) is 10.1 Å². The lowest BCUT2D eigenvalue weighted by molar-refractivity contribution is -0.402. The molecule has 0 atom stereocenters. The quantitative estimate of drug-likeness (QED) is 0.587. The fraction of sp³-hybridized carbons (Fsp3) is 0.0714. The predicted octanol–water partition coefficient (Wildman–Crippen LogP) is 2.89. The minimum absolute atomic E-state index is 0.217. The van der Waals surface area contributed by atoms with Crippen LogP contribution in [-0.4, -0.2) is 20.6 Å². The van der Waals surface area contributed by atoms with Crippen molar-refractivity contribution in [2.24, 2.45) is 0 Å². The number of carbonyl (C=O) groups is 1. The molecule has 21 heavy (non-hydrogen) atoms. The van der Waals surface area contributed by atoms with Crippen LogP contribution in [0.25, 0.3) is 10.9 Å². The van der Waals surface area contributed by atoms with Crippen molar-refractivity contribution in [3.63, 3.8) is 0 Å². The summed E-state index contributed by atoms with van der Waals surface area (Å²) in [6.45, 7) is 0.337. The lowest BCUT2D eigenvalue weighted by Gasteiger charge is -2.03. The van der Waals surface area contributed by atoms with Gasteiger partial charge >= 0.3 is 11.9 Å². The minimum atomic E-state index is -0.980.